The molecular weight excluding hydrogens is 330 g/mol. The molecule has 0 spiro atoms. The molecule has 4 nitrogen and oxygen atoms in total. The van der Waals surface area contributed by atoms with Crippen LogP contribution in [0.15, 0.2) is 22.7 Å². The lowest BCUT2D eigenvalue weighted by molar-refractivity contribution is -0.116. The van der Waals surface area contributed by atoms with Crippen LogP contribution in [0.5, 0.6) is 0 Å². The van der Waals surface area contributed by atoms with Crippen molar-refractivity contribution < 1.29 is 13.2 Å². The molecule has 6 heteroatoms. The second-order valence-corrected chi connectivity index (χ2v) is 8.13. The van der Waals surface area contributed by atoms with Crippen molar-refractivity contribution in [3.63, 3.8) is 0 Å². The van der Waals surface area contributed by atoms with E-state index in [1.54, 1.807) is 0 Å². The lowest BCUT2D eigenvalue weighted by Gasteiger charge is -2.11. The van der Waals surface area contributed by atoms with Crippen LogP contribution in [-0.2, 0) is 14.6 Å². The number of nitrogens with one attached hydrogen (secondary N) is 1. The molecule has 0 aliphatic carbocycles. The minimum absolute atomic E-state index is 0.0410. The van der Waals surface area contributed by atoms with Crippen LogP contribution in [0.3, 0.4) is 0 Å². The highest BCUT2D eigenvalue weighted by molar-refractivity contribution is 9.10. The van der Waals surface area contributed by atoms with Gasteiger partial charge in [-0.2, -0.15) is 0 Å². The molecule has 1 aliphatic heterocycles. The number of hydrogen-bond acceptors (Lipinski definition) is 3. The zero-order chi connectivity index (χ0) is 14.0. The molecule has 0 bridgehead atoms. The van der Waals surface area contributed by atoms with Crippen LogP contribution in [-0.4, -0.2) is 25.8 Å². The van der Waals surface area contributed by atoms with E-state index in [-0.39, 0.29) is 29.8 Å². The molecule has 0 saturated carbocycles. The Bertz CT molecular complexity index is 598. The summed E-state index contributed by atoms with van der Waals surface area (Å²) < 4.78 is 23.6. The Morgan fingerprint density at radius 2 is 2.21 bits per heavy atom. The van der Waals surface area contributed by atoms with Gasteiger partial charge >= 0.3 is 0 Å². The molecule has 1 saturated heterocycles. The monoisotopic (exact) mass is 345 g/mol. The summed E-state index contributed by atoms with van der Waals surface area (Å²) in [5.41, 5.74) is 1.75. The largest absolute Gasteiger partial charge is 0.326 e. The highest BCUT2D eigenvalue weighted by Crippen LogP contribution is 2.24. The van der Waals surface area contributed by atoms with Gasteiger partial charge in [-0.25, -0.2) is 8.42 Å². The van der Waals surface area contributed by atoms with E-state index in [9.17, 15) is 13.2 Å². The molecule has 1 aromatic rings. The summed E-state index contributed by atoms with van der Waals surface area (Å²) in [6, 6.07) is 5.63. The van der Waals surface area contributed by atoms with E-state index >= 15 is 0 Å². The van der Waals surface area contributed by atoms with E-state index < -0.39 is 9.84 Å². The SMILES string of the molecule is Cc1cc(Br)ccc1NC(=O)C[C@H]1CCS(=O)(=O)C1. The molecule has 0 unspecified atom stereocenters. The minimum atomic E-state index is -2.91. The third-order valence-corrected chi connectivity index (χ3v) is 5.59. The molecule has 2 rings (SSSR count). The number of hydrogen-bond donors (Lipinski definition) is 1. The number of carbonyl (C=O) groups is 1. The first-order chi connectivity index (χ1) is 8.85. The van der Waals surface area contributed by atoms with Gasteiger partial charge in [0.05, 0.1) is 11.5 Å². The van der Waals surface area contributed by atoms with E-state index in [0.717, 1.165) is 15.7 Å². The molecule has 1 fully saturated rings. The van der Waals surface area contributed by atoms with Crippen LogP contribution in [0.1, 0.15) is 18.4 Å². The third kappa shape index (κ3) is 4.04. The second kappa shape index (κ2) is 5.63. The van der Waals surface area contributed by atoms with Crippen LogP contribution in [0.25, 0.3) is 0 Å². The number of sulfone groups is 1. The number of anilines is 1. The van der Waals surface area contributed by atoms with Crippen LogP contribution >= 0.6 is 15.9 Å². The first kappa shape index (κ1) is 14.5. The summed E-state index contributed by atoms with van der Waals surface area (Å²) >= 11 is 3.37. The fourth-order valence-electron chi connectivity index (χ4n) is 2.26. The van der Waals surface area contributed by atoms with E-state index in [1.165, 1.54) is 0 Å². The summed E-state index contributed by atoms with van der Waals surface area (Å²) in [7, 11) is -2.91. The molecule has 1 aliphatic rings. The predicted molar refractivity (Wildman–Crippen MR) is 78.9 cm³/mol. The molecule has 1 heterocycles. The Hall–Kier alpha value is -0.880. The fourth-order valence-corrected chi connectivity index (χ4v) is 4.60. The predicted octanol–water partition coefficient (Wildman–Crippen LogP) is 2.52. The summed E-state index contributed by atoms with van der Waals surface area (Å²) in [5, 5.41) is 2.84. The van der Waals surface area contributed by atoms with Crippen molar-refractivity contribution in [2.75, 3.05) is 16.8 Å². The summed E-state index contributed by atoms with van der Waals surface area (Å²) in [4.78, 5) is 11.9. The Labute approximate surface area is 121 Å². The lowest BCUT2D eigenvalue weighted by atomic mass is 10.0. The van der Waals surface area contributed by atoms with Crippen LogP contribution in [0.4, 0.5) is 5.69 Å². The first-order valence-electron chi connectivity index (χ1n) is 6.12. The van der Waals surface area contributed by atoms with Gasteiger partial charge in [-0.3, -0.25) is 4.79 Å². The van der Waals surface area contributed by atoms with Crippen molar-refractivity contribution in [3.8, 4) is 0 Å². The topological polar surface area (TPSA) is 63.2 Å². The summed E-state index contributed by atoms with van der Waals surface area (Å²) in [6.45, 7) is 1.92. The van der Waals surface area contributed by atoms with Gasteiger partial charge in [0.15, 0.2) is 9.84 Å². The van der Waals surface area contributed by atoms with E-state index in [1.807, 2.05) is 25.1 Å². The quantitative estimate of drug-likeness (QED) is 0.915. The number of carbonyl (C=O) groups excluding carboxylic acids is 1. The molecule has 1 amide bonds. The fraction of sp³-hybridized carbons (Fsp3) is 0.462. The number of aryl methyl sites for hydroxylation is 1. The summed E-state index contributed by atoms with van der Waals surface area (Å²) in [5.74, 6) is 0.190. The van der Waals surface area contributed by atoms with E-state index in [0.29, 0.717) is 6.42 Å². The average molecular weight is 346 g/mol. The number of benzene rings is 1. The number of halogens is 1. The van der Waals surface area contributed by atoms with Crippen LogP contribution < -0.4 is 5.32 Å². The Balaban J connectivity index is 1.95. The third-order valence-electron chi connectivity index (χ3n) is 3.26. The van der Waals surface area contributed by atoms with E-state index in [4.69, 9.17) is 0 Å². The van der Waals surface area contributed by atoms with E-state index in [2.05, 4.69) is 21.2 Å². The maximum atomic E-state index is 11.9. The highest BCUT2D eigenvalue weighted by atomic mass is 79.9. The number of amides is 1. The van der Waals surface area contributed by atoms with Crippen molar-refractivity contribution in [1.82, 2.24) is 0 Å². The van der Waals surface area contributed by atoms with Crippen LogP contribution in [0, 0.1) is 12.8 Å². The van der Waals surface area contributed by atoms with Gasteiger partial charge in [0, 0.05) is 16.6 Å². The highest BCUT2D eigenvalue weighted by Gasteiger charge is 2.29. The van der Waals surface area contributed by atoms with Gasteiger partial charge in [0.25, 0.3) is 0 Å². The van der Waals surface area contributed by atoms with Gasteiger partial charge in [0.2, 0.25) is 5.91 Å². The Morgan fingerprint density at radius 3 is 2.79 bits per heavy atom. The Kier molecular flexibility index (Phi) is 4.30. The maximum absolute atomic E-state index is 11.9. The zero-order valence-electron chi connectivity index (χ0n) is 10.6. The van der Waals surface area contributed by atoms with Gasteiger partial charge in [-0.1, -0.05) is 15.9 Å². The van der Waals surface area contributed by atoms with Crippen molar-refractivity contribution >= 4 is 37.4 Å². The van der Waals surface area contributed by atoms with Gasteiger partial charge in [-0.15, -0.1) is 0 Å². The maximum Gasteiger partial charge on any atom is 0.224 e. The molecule has 1 atom stereocenters. The minimum Gasteiger partial charge on any atom is -0.326 e. The van der Waals surface area contributed by atoms with Gasteiger partial charge in [0.1, 0.15) is 0 Å². The smallest absolute Gasteiger partial charge is 0.224 e. The molecule has 104 valence electrons. The average Bonchev–Trinajstić information content (AvgIpc) is 2.62. The molecule has 1 N–H and O–H groups in total. The lowest BCUT2D eigenvalue weighted by Crippen LogP contribution is -2.17. The standard InChI is InChI=1S/C13H16BrNO3S/c1-9-6-11(14)2-3-12(9)15-13(16)7-10-4-5-19(17,18)8-10/h2-3,6,10H,4-5,7-8H2,1H3,(H,15,16)/t10-/m1/s1. The van der Waals surface area contributed by atoms with Gasteiger partial charge in [-0.05, 0) is 43.0 Å². The first-order valence-corrected chi connectivity index (χ1v) is 8.73. The number of rotatable bonds is 3. The van der Waals surface area contributed by atoms with Crippen LogP contribution in [0.2, 0.25) is 0 Å². The van der Waals surface area contributed by atoms with Crippen molar-refractivity contribution in [3.05, 3.63) is 28.2 Å². The summed E-state index contributed by atoms with van der Waals surface area (Å²) in [6.07, 6.45) is 0.865. The van der Waals surface area contributed by atoms with Crippen molar-refractivity contribution in [1.29, 1.82) is 0 Å². The molecule has 0 aromatic heterocycles. The van der Waals surface area contributed by atoms with Crippen molar-refractivity contribution in [2.24, 2.45) is 5.92 Å². The zero-order valence-corrected chi connectivity index (χ0v) is 13.1. The molecule has 1 aromatic carbocycles. The molecule has 19 heavy (non-hydrogen) atoms. The van der Waals surface area contributed by atoms with Crippen molar-refractivity contribution in [2.45, 2.75) is 19.8 Å². The van der Waals surface area contributed by atoms with Gasteiger partial charge < -0.3 is 5.32 Å². The normalized spacial score (nSPS) is 21.3. The second-order valence-electron chi connectivity index (χ2n) is 4.98. The Morgan fingerprint density at radius 1 is 1.47 bits per heavy atom. The molecule has 0 radical (unpaired) electrons. The molecular formula is C13H16BrNO3S.